The highest BCUT2D eigenvalue weighted by Gasteiger charge is 2.34. The first-order valence-corrected chi connectivity index (χ1v) is 10.2. The van der Waals surface area contributed by atoms with E-state index in [0.29, 0.717) is 16.3 Å². The molecule has 1 heterocycles. The van der Waals surface area contributed by atoms with Gasteiger partial charge in [-0.05, 0) is 31.2 Å². The number of nitrogens with one attached hydrogen (secondary N) is 1. The molecule has 10 heteroatoms. The summed E-state index contributed by atoms with van der Waals surface area (Å²) in [6.07, 6.45) is -4.65. The van der Waals surface area contributed by atoms with Crippen molar-refractivity contribution in [1.82, 2.24) is 9.97 Å². The summed E-state index contributed by atoms with van der Waals surface area (Å²) in [7, 11) is 0. The van der Waals surface area contributed by atoms with E-state index in [4.69, 9.17) is 23.2 Å². The number of halogens is 5. The number of nitrogens with zero attached hydrogens (tertiary/aromatic N) is 2. The summed E-state index contributed by atoms with van der Waals surface area (Å²) < 4.78 is 40.0. The zero-order valence-electron chi connectivity index (χ0n) is 15.4. The molecule has 30 heavy (non-hydrogen) atoms. The molecule has 0 aliphatic carbocycles. The number of benzene rings is 2. The van der Waals surface area contributed by atoms with Gasteiger partial charge in [0.2, 0.25) is 5.91 Å². The number of amides is 1. The van der Waals surface area contributed by atoms with Gasteiger partial charge in [-0.3, -0.25) is 4.79 Å². The van der Waals surface area contributed by atoms with Gasteiger partial charge in [-0.1, -0.05) is 65.3 Å². The van der Waals surface area contributed by atoms with Crippen LogP contribution >= 0.6 is 35.0 Å². The molecule has 0 saturated carbocycles. The fraction of sp³-hybridized carbons (Fsp3) is 0.150. The Morgan fingerprint density at radius 1 is 1.07 bits per heavy atom. The van der Waals surface area contributed by atoms with Gasteiger partial charge in [0.25, 0.3) is 0 Å². The second kappa shape index (κ2) is 9.24. The first-order chi connectivity index (χ1) is 14.1. The van der Waals surface area contributed by atoms with E-state index in [1.165, 1.54) is 19.1 Å². The largest absolute Gasteiger partial charge is 0.433 e. The third-order valence-electron chi connectivity index (χ3n) is 3.91. The molecular formula is C20H14Cl2F3N3OS. The van der Waals surface area contributed by atoms with Gasteiger partial charge in [0.15, 0.2) is 5.16 Å². The van der Waals surface area contributed by atoms with E-state index in [-0.39, 0.29) is 15.9 Å². The number of alkyl halides is 3. The number of carbonyl (C=O) groups is 1. The number of hydrogen-bond acceptors (Lipinski definition) is 4. The summed E-state index contributed by atoms with van der Waals surface area (Å²) in [5.41, 5.74) is -0.105. The second-order valence-corrected chi connectivity index (χ2v) is 8.31. The average Bonchev–Trinajstić information content (AvgIpc) is 2.69. The fourth-order valence-electron chi connectivity index (χ4n) is 2.42. The molecule has 0 aliphatic heterocycles. The maximum Gasteiger partial charge on any atom is 0.433 e. The van der Waals surface area contributed by atoms with E-state index >= 15 is 0 Å². The first-order valence-electron chi connectivity index (χ1n) is 8.58. The minimum absolute atomic E-state index is 0.119. The summed E-state index contributed by atoms with van der Waals surface area (Å²) in [6, 6.07) is 13.9. The van der Waals surface area contributed by atoms with Crippen molar-refractivity contribution in [3.8, 4) is 11.3 Å². The highest BCUT2D eigenvalue weighted by Crippen LogP contribution is 2.33. The maximum atomic E-state index is 13.3. The van der Waals surface area contributed by atoms with E-state index < -0.39 is 23.0 Å². The number of hydrogen-bond donors (Lipinski definition) is 1. The molecular weight excluding hydrogens is 458 g/mol. The van der Waals surface area contributed by atoms with Gasteiger partial charge in [0.1, 0.15) is 5.69 Å². The van der Waals surface area contributed by atoms with Crippen molar-refractivity contribution in [2.75, 3.05) is 5.32 Å². The van der Waals surface area contributed by atoms with Gasteiger partial charge >= 0.3 is 6.18 Å². The minimum Gasteiger partial charge on any atom is -0.324 e. The van der Waals surface area contributed by atoms with E-state index in [1.807, 2.05) is 0 Å². The Bertz CT molecular complexity index is 1060. The predicted molar refractivity (Wildman–Crippen MR) is 113 cm³/mol. The van der Waals surface area contributed by atoms with E-state index in [9.17, 15) is 18.0 Å². The summed E-state index contributed by atoms with van der Waals surface area (Å²) in [4.78, 5) is 20.3. The molecule has 1 atom stereocenters. The third-order valence-corrected chi connectivity index (χ3v) is 5.41. The molecule has 0 radical (unpaired) electrons. The molecule has 1 aromatic heterocycles. The summed E-state index contributed by atoms with van der Waals surface area (Å²) in [5.74, 6) is -0.466. The number of thioether (sulfide) groups is 1. The average molecular weight is 472 g/mol. The molecule has 4 nitrogen and oxygen atoms in total. The normalized spacial score (nSPS) is 12.5. The molecule has 0 saturated heterocycles. The predicted octanol–water partition coefficient (Wildman–Crippen LogP) is 6.59. The fourth-order valence-corrected chi connectivity index (χ4v) is 3.66. The van der Waals surface area contributed by atoms with Gasteiger partial charge in [-0.2, -0.15) is 13.2 Å². The molecule has 0 fully saturated rings. The molecule has 156 valence electrons. The van der Waals surface area contributed by atoms with Crippen LogP contribution in [0.25, 0.3) is 11.3 Å². The quantitative estimate of drug-likeness (QED) is 0.336. The van der Waals surface area contributed by atoms with Crippen LogP contribution in [0.5, 0.6) is 0 Å². The number of rotatable bonds is 5. The lowest BCUT2D eigenvalue weighted by molar-refractivity contribution is -0.141. The van der Waals surface area contributed by atoms with Gasteiger partial charge in [-0.15, -0.1) is 0 Å². The molecule has 2 aromatic carbocycles. The molecule has 0 spiro atoms. The highest BCUT2D eigenvalue weighted by molar-refractivity contribution is 8.00. The van der Waals surface area contributed by atoms with Crippen molar-refractivity contribution in [3.05, 3.63) is 70.3 Å². The molecule has 3 rings (SSSR count). The number of anilines is 1. The molecule has 1 N–H and O–H groups in total. The molecule has 3 aromatic rings. The monoisotopic (exact) mass is 471 g/mol. The van der Waals surface area contributed by atoms with E-state index in [2.05, 4.69) is 15.3 Å². The zero-order valence-corrected chi connectivity index (χ0v) is 17.7. The smallest absolute Gasteiger partial charge is 0.324 e. The standard InChI is InChI=1S/C20H14Cl2F3N3OS/c1-11(18(29)26-15-8-7-13(21)9-14(15)22)30-19-27-16(12-5-3-2-4-6-12)10-17(28-19)20(23,24)25/h2-11H,1H3,(H,26,29). The van der Waals surface area contributed by atoms with Gasteiger partial charge in [0.05, 0.1) is 21.7 Å². The van der Waals surface area contributed by atoms with Crippen LogP contribution in [-0.4, -0.2) is 21.1 Å². The first kappa shape index (κ1) is 22.4. The van der Waals surface area contributed by atoms with Crippen molar-refractivity contribution in [3.63, 3.8) is 0 Å². The van der Waals surface area contributed by atoms with Gasteiger partial charge < -0.3 is 5.32 Å². The Labute approximate surface area is 184 Å². The van der Waals surface area contributed by atoms with Crippen LogP contribution in [-0.2, 0) is 11.0 Å². The lowest BCUT2D eigenvalue weighted by Crippen LogP contribution is -2.23. The van der Waals surface area contributed by atoms with E-state index in [0.717, 1.165) is 17.8 Å². The molecule has 1 amide bonds. The molecule has 0 bridgehead atoms. The zero-order chi connectivity index (χ0) is 21.9. The molecule has 1 unspecified atom stereocenters. The lowest BCUT2D eigenvalue weighted by Gasteiger charge is -2.14. The van der Waals surface area contributed by atoms with E-state index in [1.54, 1.807) is 36.4 Å². The van der Waals surface area contributed by atoms with Crippen LogP contribution in [0.2, 0.25) is 10.0 Å². The van der Waals surface area contributed by atoms with Crippen molar-refractivity contribution in [2.24, 2.45) is 0 Å². The minimum atomic E-state index is -4.65. The highest BCUT2D eigenvalue weighted by atomic mass is 35.5. The van der Waals surface area contributed by atoms with Crippen LogP contribution in [0.3, 0.4) is 0 Å². The summed E-state index contributed by atoms with van der Waals surface area (Å²) in [6.45, 7) is 1.54. The topological polar surface area (TPSA) is 54.9 Å². The Morgan fingerprint density at radius 3 is 2.40 bits per heavy atom. The van der Waals surface area contributed by atoms with Crippen molar-refractivity contribution in [1.29, 1.82) is 0 Å². The van der Waals surface area contributed by atoms with Crippen molar-refractivity contribution >= 4 is 46.6 Å². The Hall–Kier alpha value is -2.29. The van der Waals surface area contributed by atoms with Crippen LogP contribution < -0.4 is 5.32 Å². The lowest BCUT2D eigenvalue weighted by atomic mass is 10.1. The van der Waals surface area contributed by atoms with Gasteiger partial charge in [0, 0.05) is 10.6 Å². The molecule has 0 aliphatic rings. The Morgan fingerprint density at radius 2 is 1.77 bits per heavy atom. The van der Waals surface area contributed by atoms with Crippen molar-refractivity contribution < 1.29 is 18.0 Å². The summed E-state index contributed by atoms with van der Waals surface area (Å²) >= 11 is 12.7. The Kier molecular flexibility index (Phi) is 6.90. The van der Waals surface area contributed by atoms with Crippen LogP contribution in [0.15, 0.2) is 59.8 Å². The maximum absolute atomic E-state index is 13.3. The third kappa shape index (κ3) is 5.65. The number of carbonyl (C=O) groups excluding carboxylic acids is 1. The SMILES string of the molecule is CC(Sc1nc(-c2ccccc2)cc(C(F)(F)F)n1)C(=O)Nc1ccc(Cl)cc1Cl. The van der Waals surface area contributed by atoms with Crippen LogP contribution in [0, 0.1) is 0 Å². The van der Waals surface area contributed by atoms with Crippen LogP contribution in [0.4, 0.5) is 18.9 Å². The van der Waals surface area contributed by atoms with Crippen LogP contribution in [0.1, 0.15) is 12.6 Å². The van der Waals surface area contributed by atoms with Crippen molar-refractivity contribution in [2.45, 2.75) is 23.5 Å². The summed E-state index contributed by atoms with van der Waals surface area (Å²) in [5, 5.41) is 2.33. The second-order valence-electron chi connectivity index (χ2n) is 6.16. The van der Waals surface area contributed by atoms with Gasteiger partial charge in [-0.25, -0.2) is 9.97 Å². The Balaban J connectivity index is 1.84. The number of aromatic nitrogens is 2.